The van der Waals surface area contributed by atoms with Gasteiger partial charge in [0.1, 0.15) is 0 Å². The van der Waals surface area contributed by atoms with Crippen LogP contribution in [0.25, 0.3) is 15.2 Å². The van der Waals surface area contributed by atoms with Crippen LogP contribution in [0.4, 0.5) is 5.69 Å². The summed E-state index contributed by atoms with van der Waals surface area (Å²) in [5.41, 5.74) is 1.45. The first-order chi connectivity index (χ1) is 15.0. The van der Waals surface area contributed by atoms with Gasteiger partial charge in [-0.15, -0.1) is 10.2 Å². The second-order valence-electron chi connectivity index (χ2n) is 6.25. The van der Waals surface area contributed by atoms with Crippen LogP contribution >= 0.6 is 23.1 Å². The molecule has 0 aliphatic carbocycles. The van der Waals surface area contributed by atoms with Gasteiger partial charge in [-0.2, -0.15) is 0 Å². The first-order valence-corrected chi connectivity index (χ1v) is 10.8. The van der Waals surface area contributed by atoms with Crippen LogP contribution in [-0.4, -0.2) is 52.4 Å². The average Bonchev–Trinajstić information content (AvgIpc) is 3.36. The topological polar surface area (TPSA) is 112 Å². The second kappa shape index (κ2) is 8.74. The molecule has 0 saturated carbocycles. The van der Waals surface area contributed by atoms with Crippen LogP contribution < -0.4 is 5.32 Å². The van der Waals surface area contributed by atoms with Crippen molar-refractivity contribution in [2.24, 2.45) is 0 Å². The molecule has 0 aliphatic rings. The first kappa shape index (κ1) is 20.8. The molecule has 9 nitrogen and oxygen atoms in total. The minimum atomic E-state index is -0.636. The molecule has 2 aromatic carbocycles. The molecule has 0 fully saturated rings. The fraction of sp³-hybridized carbons (Fsp3) is 0.150. The number of para-hydroxylation sites is 1. The number of rotatable bonds is 6. The Kier molecular flexibility index (Phi) is 5.87. The van der Waals surface area contributed by atoms with Gasteiger partial charge in [-0.1, -0.05) is 35.2 Å². The van der Waals surface area contributed by atoms with Crippen LogP contribution in [-0.2, 0) is 14.3 Å². The van der Waals surface area contributed by atoms with Gasteiger partial charge in [-0.05, 0) is 30.3 Å². The van der Waals surface area contributed by atoms with E-state index in [1.165, 1.54) is 55.5 Å². The van der Waals surface area contributed by atoms with E-state index in [-0.39, 0.29) is 28.5 Å². The number of methoxy groups -OCH3 is 2. The van der Waals surface area contributed by atoms with E-state index >= 15 is 0 Å². The number of benzene rings is 2. The number of ether oxygens (including phenoxy) is 2. The monoisotopic (exact) mass is 456 g/mol. The van der Waals surface area contributed by atoms with Crippen molar-refractivity contribution in [2.75, 3.05) is 25.3 Å². The molecule has 0 atom stereocenters. The summed E-state index contributed by atoms with van der Waals surface area (Å²) in [4.78, 5) is 37.2. The van der Waals surface area contributed by atoms with Gasteiger partial charge in [0.15, 0.2) is 5.16 Å². The Bertz CT molecular complexity index is 1310. The predicted octanol–water partition coefficient (Wildman–Crippen LogP) is 3.25. The summed E-state index contributed by atoms with van der Waals surface area (Å²) in [6, 6.07) is 12.1. The number of nitrogens with one attached hydrogen (secondary N) is 1. The zero-order valence-electron chi connectivity index (χ0n) is 16.4. The quantitative estimate of drug-likeness (QED) is 0.348. The van der Waals surface area contributed by atoms with Crippen molar-refractivity contribution in [2.45, 2.75) is 5.16 Å². The number of aromatic nitrogens is 3. The molecule has 2 aromatic heterocycles. The summed E-state index contributed by atoms with van der Waals surface area (Å²) < 4.78 is 12.4. The van der Waals surface area contributed by atoms with Crippen LogP contribution in [0.15, 0.2) is 47.6 Å². The number of thiazole rings is 1. The lowest BCUT2D eigenvalue weighted by atomic mass is 10.1. The fourth-order valence-corrected chi connectivity index (χ4v) is 4.71. The summed E-state index contributed by atoms with van der Waals surface area (Å²) in [5, 5.41) is 11.6. The number of nitrogens with zero attached hydrogens (tertiary/aromatic N) is 3. The lowest BCUT2D eigenvalue weighted by Crippen LogP contribution is -2.18. The molecule has 0 bridgehead atoms. The normalized spacial score (nSPS) is 10.9. The van der Waals surface area contributed by atoms with Gasteiger partial charge in [0, 0.05) is 0 Å². The van der Waals surface area contributed by atoms with E-state index in [9.17, 15) is 14.4 Å². The molecule has 0 saturated heterocycles. The molecule has 4 aromatic rings. The Hall–Kier alpha value is -3.44. The predicted molar refractivity (Wildman–Crippen MR) is 117 cm³/mol. The number of fused-ring (bicyclic) bond motifs is 3. The van der Waals surface area contributed by atoms with E-state index < -0.39 is 11.9 Å². The second-order valence-corrected chi connectivity index (χ2v) is 8.20. The van der Waals surface area contributed by atoms with E-state index in [4.69, 9.17) is 9.47 Å². The first-order valence-electron chi connectivity index (χ1n) is 8.98. The van der Waals surface area contributed by atoms with E-state index in [0.29, 0.717) is 5.16 Å². The van der Waals surface area contributed by atoms with E-state index in [2.05, 4.69) is 15.5 Å². The van der Waals surface area contributed by atoms with Crippen molar-refractivity contribution in [1.29, 1.82) is 0 Å². The third-order valence-electron chi connectivity index (χ3n) is 4.36. The molecule has 1 N–H and O–H groups in total. The highest BCUT2D eigenvalue weighted by Gasteiger charge is 2.19. The van der Waals surface area contributed by atoms with Crippen molar-refractivity contribution in [3.8, 4) is 0 Å². The maximum atomic E-state index is 12.6. The Balaban J connectivity index is 1.54. The number of carbonyl (C=O) groups excluding carboxylic acids is 3. The number of carbonyl (C=O) groups is 3. The molecule has 2 heterocycles. The molecule has 158 valence electrons. The number of esters is 2. The van der Waals surface area contributed by atoms with Crippen molar-refractivity contribution in [1.82, 2.24) is 14.6 Å². The number of amides is 1. The smallest absolute Gasteiger partial charge is 0.339 e. The van der Waals surface area contributed by atoms with Crippen LogP contribution in [0.5, 0.6) is 0 Å². The highest BCUT2D eigenvalue weighted by Crippen LogP contribution is 2.29. The minimum Gasteiger partial charge on any atom is -0.465 e. The highest BCUT2D eigenvalue weighted by molar-refractivity contribution is 7.99. The van der Waals surface area contributed by atoms with Crippen LogP contribution in [0, 0.1) is 0 Å². The third-order valence-corrected chi connectivity index (χ3v) is 6.30. The Morgan fingerprint density at radius 2 is 1.84 bits per heavy atom. The number of hydrogen-bond acceptors (Lipinski definition) is 9. The van der Waals surface area contributed by atoms with Crippen LogP contribution in [0.2, 0.25) is 0 Å². The Morgan fingerprint density at radius 3 is 2.61 bits per heavy atom. The third kappa shape index (κ3) is 4.09. The van der Waals surface area contributed by atoms with Crippen molar-refractivity contribution in [3.63, 3.8) is 0 Å². The van der Waals surface area contributed by atoms with Crippen molar-refractivity contribution < 1.29 is 23.9 Å². The molecule has 4 rings (SSSR count). The van der Waals surface area contributed by atoms with Gasteiger partial charge in [-0.25, -0.2) is 9.59 Å². The van der Waals surface area contributed by atoms with Gasteiger partial charge in [0.05, 0.1) is 47.0 Å². The number of anilines is 1. The molecule has 31 heavy (non-hydrogen) atoms. The zero-order valence-corrected chi connectivity index (χ0v) is 18.1. The molecular weight excluding hydrogens is 440 g/mol. The Labute approximate surface area is 184 Å². The number of hydrogen-bond donors (Lipinski definition) is 1. The Morgan fingerprint density at radius 1 is 1.06 bits per heavy atom. The number of thioether (sulfide) groups is 1. The fourth-order valence-electron chi connectivity index (χ4n) is 2.95. The van der Waals surface area contributed by atoms with Crippen LogP contribution in [0.3, 0.4) is 0 Å². The van der Waals surface area contributed by atoms with E-state index in [1.807, 2.05) is 28.7 Å². The van der Waals surface area contributed by atoms with Gasteiger partial charge < -0.3 is 14.8 Å². The summed E-state index contributed by atoms with van der Waals surface area (Å²) in [7, 11) is 2.48. The minimum absolute atomic E-state index is 0.0219. The largest absolute Gasteiger partial charge is 0.465 e. The van der Waals surface area contributed by atoms with E-state index in [0.717, 1.165) is 15.2 Å². The summed E-state index contributed by atoms with van der Waals surface area (Å²) in [5.74, 6) is -1.58. The highest BCUT2D eigenvalue weighted by atomic mass is 32.2. The average molecular weight is 457 g/mol. The standard InChI is InChI=1S/C20H16N4O5S2/c1-28-17(26)11-7-8-12(18(27)29-2)13(9-11)21-16(25)10-30-19-22-23-20-24(19)14-5-3-4-6-15(14)31-20/h3-9H,10H2,1-2H3,(H,21,25). The molecule has 0 spiro atoms. The van der Waals surface area contributed by atoms with Crippen molar-refractivity contribution in [3.05, 3.63) is 53.6 Å². The lowest BCUT2D eigenvalue weighted by Gasteiger charge is -2.11. The van der Waals surface area contributed by atoms with Gasteiger partial charge in [-0.3, -0.25) is 9.20 Å². The summed E-state index contributed by atoms with van der Waals surface area (Å²) in [6.07, 6.45) is 0. The van der Waals surface area contributed by atoms with Crippen molar-refractivity contribution >= 4 is 61.8 Å². The lowest BCUT2D eigenvalue weighted by molar-refractivity contribution is -0.113. The molecule has 0 aliphatic heterocycles. The SMILES string of the molecule is COC(=O)c1ccc(C(=O)OC)c(NC(=O)CSc2nnc3sc4ccccc4n23)c1. The van der Waals surface area contributed by atoms with Crippen LogP contribution in [0.1, 0.15) is 20.7 Å². The van der Waals surface area contributed by atoms with Gasteiger partial charge in [0.25, 0.3) is 0 Å². The summed E-state index contributed by atoms with van der Waals surface area (Å²) in [6.45, 7) is 0. The molecule has 11 heteroatoms. The van der Waals surface area contributed by atoms with Gasteiger partial charge >= 0.3 is 11.9 Å². The van der Waals surface area contributed by atoms with E-state index in [1.54, 1.807) is 0 Å². The molecule has 1 amide bonds. The molecule has 0 radical (unpaired) electrons. The van der Waals surface area contributed by atoms with Gasteiger partial charge in [0.2, 0.25) is 10.9 Å². The maximum Gasteiger partial charge on any atom is 0.339 e. The summed E-state index contributed by atoms with van der Waals surface area (Å²) >= 11 is 2.73. The molecular formula is C20H16N4O5S2. The molecule has 0 unspecified atom stereocenters. The maximum absolute atomic E-state index is 12.6. The zero-order chi connectivity index (χ0) is 22.0.